The highest BCUT2D eigenvalue weighted by atomic mass is 32.2. The molecule has 158 valence electrons. The first-order valence-corrected chi connectivity index (χ1v) is 11.5. The molecule has 0 bridgehead atoms. The molecule has 1 aromatic carbocycles. The van der Waals surface area contributed by atoms with Gasteiger partial charge in [0, 0.05) is 31.1 Å². The maximum absolute atomic E-state index is 5.86. The summed E-state index contributed by atoms with van der Waals surface area (Å²) in [5.41, 5.74) is 1.22. The van der Waals surface area contributed by atoms with Crippen LogP contribution >= 0.6 is 11.8 Å². The minimum atomic E-state index is 0.222. The van der Waals surface area contributed by atoms with Crippen molar-refractivity contribution in [2.24, 2.45) is 10.9 Å². The van der Waals surface area contributed by atoms with Crippen LogP contribution < -0.4 is 10.6 Å². The minimum absolute atomic E-state index is 0.222. The van der Waals surface area contributed by atoms with Gasteiger partial charge in [-0.15, -0.1) is 0 Å². The molecule has 0 saturated carbocycles. The van der Waals surface area contributed by atoms with Gasteiger partial charge in [0.25, 0.3) is 0 Å². The van der Waals surface area contributed by atoms with Crippen LogP contribution in [0, 0.1) is 5.92 Å². The predicted molar refractivity (Wildman–Crippen MR) is 120 cm³/mol. The summed E-state index contributed by atoms with van der Waals surface area (Å²) in [6, 6.07) is 10.3. The molecule has 0 spiro atoms. The highest BCUT2D eigenvalue weighted by Crippen LogP contribution is 2.35. The lowest BCUT2D eigenvalue weighted by molar-refractivity contribution is 0.0793. The van der Waals surface area contributed by atoms with E-state index in [1.165, 1.54) is 5.56 Å². The Hall–Kier alpha value is -1.24. The molecule has 1 aliphatic heterocycles. The average molecular weight is 408 g/mol. The van der Waals surface area contributed by atoms with Crippen molar-refractivity contribution >= 4 is 17.7 Å². The fourth-order valence-electron chi connectivity index (χ4n) is 3.24. The number of nitrogens with zero attached hydrogens (tertiary/aromatic N) is 1. The Morgan fingerprint density at radius 3 is 2.64 bits per heavy atom. The number of thioether (sulfide) groups is 1. The largest absolute Gasteiger partial charge is 0.381 e. The molecule has 2 N–H and O–H groups in total. The molecule has 1 aromatic rings. The van der Waals surface area contributed by atoms with Gasteiger partial charge in [0.1, 0.15) is 0 Å². The lowest BCUT2D eigenvalue weighted by atomic mass is 9.99. The number of aliphatic imine (C=N–C) groups is 1. The first-order valence-electron chi connectivity index (χ1n) is 10.5. The van der Waals surface area contributed by atoms with Gasteiger partial charge < -0.3 is 20.1 Å². The first kappa shape index (κ1) is 23.0. The fraction of sp³-hybridized carbons (Fsp3) is 0.682. The number of ether oxygens (including phenoxy) is 2. The molecular formula is C22H37N3O2S. The number of rotatable bonds is 11. The van der Waals surface area contributed by atoms with E-state index in [0.717, 1.165) is 64.0 Å². The van der Waals surface area contributed by atoms with Gasteiger partial charge in [0.05, 0.1) is 19.8 Å². The summed E-state index contributed by atoms with van der Waals surface area (Å²) < 4.78 is 11.6. The summed E-state index contributed by atoms with van der Waals surface area (Å²) in [5.74, 6) is 2.43. The summed E-state index contributed by atoms with van der Waals surface area (Å²) >= 11 is 2.03. The van der Waals surface area contributed by atoms with Crippen LogP contribution in [0.25, 0.3) is 0 Å². The number of hydrogen-bond donors (Lipinski definition) is 2. The lowest BCUT2D eigenvalue weighted by Gasteiger charge is -2.35. The Morgan fingerprint density at radius 2 is 1.96 bits per heavy atom. The van der Waals surface area contributed by atoms with Gasteiger partial charge in [0.15, 0.2) is 5.96 Å². The molecule has 1 heterocycles. The van der Waals surface area contributed by atoms with E-state index in [9.17, 15) is 0 Å². The van der Waals surface area contributed by atoms with Crippen molar-refractivity contribution in [3.05, 3.63) is 35.9 Å². The average Bonchev–Trinajstić information content (AvgIpc) is 2.72. The Morgan fingerprint density at radius 1 is 1.21 bits per heavy atom. The van der Waals surface area contributed by atoms with Crippen LogP contribution in [0.5, 0.6) is 0 Å². The van der Waals surface area contributed by atoms with Crippen molar-refractivity contribution in [2.45, 2.75) is 45.0 Å². The van der Waals surface area contributed by atoms with Gasteiger partial charge in [-0.25, -0.2) is 0 Å². The number of hydrogen-bond acceptors (Lipinski definition) is 4. The molecule has 1 unspecified atom stereocenters. The van der Waals surface area contributed by atoms with Crippen molar-refractivity contribution in [1.82, 2.24) is 10.6 Å². The van der Waals surface area contributed by atoms with E-state index in [2.05, 4.69) is 43.5 Å². The molecule has 28 heavy (non-hydrogen) atoms. The molecule has 1 fully saturated rings. The molecule has 1 aliphatic rings. The third kappa shape index (κ3) is 8.41. The molecule has 0 aromatic heterocycles. The van der Waals surface area contributed by atoms with Gasteiger partial charge in [-0.2, -0.15) is 11.8 Å². The summed E-state index contributed by atoms with van der Waals surface area (Å²) in [4.78, 5) is 4.90. The maximum atomic E-state index is 5.86. The molecule has 0 aliphatic carbocycles. The van der Waals surface area contributed by atoms with Crippen molar-refractivity contribution in [1.29, 1.82) is 0 Å². The van der Waals surface area contributed by atoms with E-state index >= 15 is 0 Å². The summed E-state index contributed by atoms with van der Waals surface area (Å²) in [6.07, 6.45) is 2.16. The van der Waals surface area contributed by atoms with Crippen LogP contribution in [0.15, 0.2) is 35.3 Å². The second-order valence-corrected chi connectivity index (χ2v) is 9.14. The normalized spacial score (nSPS) is 17.9. The first-order chi connectivity index (χ1) is 13.7. The van der Waals surface area contributed by atoms with E-state index in [1.54, 1.807) is 0 Å². The monoisotopic (exact) mass is 407 g/mol. The molecule has 0 radical (unpaired) electrons. The zero-order valence-corrected chi connectivity index (χ0v) is 18.5. The van der Waals surface area contributed by atoms with Crippen molar-refractivity contribution in [2.75, 3.05) is 45.2 Å². The molecular weight excluding hydrogens is 370 g/mol. The maximum Gasteiger partial charge on any atom is 0.191 e. The van der Waals surface area contributed by atoms with E-state index in [-0.39, 0.29) is 4.75 Å². The molecule has 0 amide bonds. The second kappa shape index (κ2) is 13.1. The van der Waals surface area contributed by atoms with Gasteiger partial charge in [-0.1, -0.05) is 44.2 Å². The third-order valence-electron chi connectivity index (χ3n) is 4.86. The summed E-state index contributed by atoms with van der Waals surface area (Å²) in [5, 5.41) is 6.86. The topological polar surface area (TPSA) is 54.9 Å². The fourth-order valence-corrected chi connectivity index (χ4v) is 4.47. The Balaban J connectivity index is 1.77. The van der Waals surface area contributed by atoms with Crippen LogP contribution in [0.3, 0.4) is 0 Å². The van der Waals surface area contributed by atoms with Crippen LogP contribution in [0.1, 0.15) is 39.2 Å². The van der Waals surface area contributed by atoms with E-state index in [4.69, 9.17) is 14.5 Å². The van der Waals surface area contributed by atoms with Gasteiger partial charge in [0.2, 0.25) is 0 Å². The van der Waals surface area contributed by atoms with Gasteiger partial charge in [-0.05, 0) is 37.0 Å². The van der Waals surface area contributed by atoms with Crippen LogP contribution in [-0.4, -0.2) is 55.9 Å². The Kier molecular flexibility index (Phi) is 10.8. The standard InChI is InChI=1S/C22H37N3O2S/c1-4-23-21(25-18-22(28-5-2)11-13-26-14-12-22)24-15-19(3)16-27-17-20-9-7-6-8-10-20/h6-10,19H,4-5,11-18H2,1-3H3,(H2,23,24,25). The molecule has 1 saturated heterocycles. The minimum Gasteiger partial charge on any atom is -0.381 e. The number of guanidine groups is 1. The van der Waals surface area contributed by atoms with Crippen molar-refractivity contribution in [3.63, 3.8) is 0 Å². The highest BCUT2D eigenvalue weighted by molar-refractivity contribution is 8.00. The van der Waals surface area contributed by atoms with Crippen molar-refractivity contribution in [3.8, 4) is 0 Å². The zero-order valence-electron chi connectivity index (χ0n) is 17.7. The summed E-state index contributed by atoms with van der Waals surface area (Å²) in [7, 11) is 0. The van der Waals surface area contributed by atoms with Gasteiger partial charge in [-0.3, -0.25) is 4.99 Å². The van der Waals surface area contributed by atoms with E-state index in [0.29, 0.717) is 12.5 Å². The molecule has 6 heteroatoms. The quantitative estimate of drug-likeness (QED) is 0.433. The predicted octanol–water partition coefficient (Wildman–Crippen LogP) is 3.70. The number of nitrogens with one attached hydrogen (secondary N) is 2. The van der Waals surface area contributed by atoms with Crippen LogP contribution in [0.4, 0.5) is 0 Å². The molecule has 2 rings (SSSR count). The van der Waals surface area contributed by atoms with Gasteiger partial charge >= 0.3 is 0 Å². The van der Waals surface area contributed by atoms with Crippen molar-refractivity contribution < 1.29 is 9.47 Å². The molecule has 5 nitrogen and oxygen atoms in total. The highest BCUT2D eigenvalue weighted by Gasteiger charge is 2.32. The smallest absolute Gasteiger partial charge is 0.191 e. The molecule has 1 atom stereocenters. The van der Waals surface area contributed by atoms with E-state index < -0.39 is 0 Å². The zero-order chi connectivity index (χ0) is 20.1. The van der Waals surface area contributed by atoms with Crippen LogP contribution in [0.2, 0.25) is 0 Å². The third-order valence-corrected chi connectivity index (χ3v) is 6.29. The van der Waals surface area contributed by atoms with E-state index in [1.807, 2.05) is 30.0 Å². The number of benzene rings is 1. The Bertz CT molecular complexity index is 557. The Labute approximate surface area is 175 Å². The SMILES string of the molecule is CCNC(=NCC1(SCC)CCOCC1)NCC(C)COCc1ccccc1. The van der Waals surface area contributed by atoms with Crippen LogP contribution in [-0.2, 0) is 16.1 Å². The second-order valence-electron chi connectivity index (χ2n) is 7.41. The summed E-state index contributed by atoms with van der Waals surface area (Å²) in [6.45, 7) is 12.2. The lowest BCUT2D eigenvalue weighted by Crippen LogP contribution is -2.42.